The maximum Gasteiger partial charge on any atom is 0.167 e. The van der Waals surface area contributed by atoms with Gasteiger partial charge < -0.3 is 5.32 Å². The fourth-order valence-corrected chi connectivity index (χ4v) is 3.42. The Balaban J connectivity index is 2.34. The van der Waals surface area contributed by atoms with Gasteiger partial charge in [-0.15, -0.1) is 0 Å². The number of rotatable bonds is 4. The van der Waals surface area contributed by atoms with Crippen molar-refractivity contribution >= 4 is 50.9 Å². The van der Waals surface area contributed by atoms with E-state index in [1.54, 1.807) is 18.0 Å². The van der Waals surface area contributed by atoms with Gasteiger partial charge in [0.05, 0.1) is 9.92 Å². The molecule has 0 spiro atoms. The van der Waals surface area contributed by atoms with Crippen LogP contribution < -0.4 is 5.32 Å². The van der Waals surface area contributed by atoms with Crippen molar-refractivity contribution in [3.05, 3.63) is 57.8 Å². The number of pyridine rings is 1. The number of amidine groups is 1. The third-order valence-corrected chi connectivity index (χ3v) is 4.91. The Kier molecular flexibility index (Phi) is 6.69. The molecule has 3 nitrogen and oxygen atoms in total. The minimum atomic E-state index is 0.659. The standard InChI is InChI=1S/C17H17BrClN3S/c1-4-11(2)21-12(3)22-17-16(9-13(18)10-20-17)23-15-8-6-5-7-14(15)19/h4-10H,1-3H3,(H,20,21,22)/b11-4-. The van der Waals surface area contributed by atoms with E-state index < -0.39 is 0 Å². The molecule has 0 atom stereocenters. The van der Waals surface area contributed by atoms with E-state index >= 15 is 0 Å². The van der Waals surface area contributed by atoms with Gasteiger partial charge in [0.1, 0.15) is 5.84 Å². The molecule has 0 aliphatic heterocycles. The lowest BCUT2D eigenvalue weighted by molar-refractivity contribution is 1.08. The van der Waals surface area contributed by atoms with Crippen molar-refractivity contribution in [1.82, 2.24) is 10.3 Å². The van der Waals surface area contributed by atoms with Gasteiger partial charge in [0.15, 0.2) is 5.82 Å². The fraction of sp³-hybridized carbons (Fsp3) is 0.176. The predicted molar refractivity (Wildman–Crippen MR) is 103 cm³/mol. The number of nitrogens with one attached hydrogen (secondary N) is 1. The van der Waals surface area contributed by atoms with Crippen molar-refractivity contribution in [1.29, 1.82) is 0 Å². The summed E-state index contributed by atoms with van der Waals surface area (Å²) >= 11 is 11.3. The first-order valence-electron chi connectivity index (χ1n) is 7.02. The largest absolute Gasteiger partial charge is 0.348 e. The van der Waals surface area contributed by atoms with Crippen LogP contribution in [-0.4, -0.2) is 10.8 Å². The third-order valence-electron chi connectivity index (χ3n) is 2.94. The summed E-state index contributed by atoms with van der Waals surface area (Å²) in [5.74, 6) is 1.45. The van der Waals surface area contributed by atoms with Gasteiger partial charge in [-0.2, -0.15) is 0 Å². The van der Waals surface area contributed by atoms with Crippen LogP contribution in [0.5, 0.6) is 0 Å². The number of aromatic nitrogens is 1. The second-order valence-corrected chi connectivity index (χ2v) is 7.21. The van der Waals surface area contributed by atoms with Crippen LogP contribution in [0.3, 0.4) is 0 Å². The second-order valence-electron chi connectivity index (χ2n) is 4.80. The van der Waals surface area contributed by atoms with Crippen molar-refractivity contribution in [2.45, 2.75) is 30.6 Å². The highest BCUT2D eigenvalue weighted by molar-refractivity contribution is 9.10. The first-order valence-corrected chi connectivity index (χ1v) is 9.01. The van der Waals surface area contributed by atoms with Crippen molar-refractivity contribution in [2.24, 2.45) is 4.99 Å². The van der Waals surface area contributed by atoms with Gasteiger partial charge in [0, 0.05) is 21.3 Å². The van der Waals surface area contributed by atoms with E-state index in [0.717, 1.165) is 25.8 Å². The highest BCUT2D eigenvalue weighted by Gasteiger charge is 2.09. The minimum Gasteiger partial charge on any atom is -0.348 e. The maximum atomic E-state index is 6.25. The van der Waals surface area contributed by atoms with Gasteiger partial charge in [0.25, 0.3) is 0 Å². The molecule has 6 heteroatoms. The summed E-state index contributed by atoms with van der Waals surface area (Å²) in [7, 11) is 0. The van der Waals surface area contributed by atoms with E-state index in [9.17, 15) is 0 Å². The Morgan fingerprint density at radius 3 is 2.74 bits per heavy atom. The molecule has 0 aliphatic carbocycles. The van der Waals surface area contributed by atoms with E-state index in [2.05, 4.69) is 31.2 Å². The van der Waals surface area contributed by atoms with E-state index in [-0.39, 0.29) is 0 Å². The summed E-state index contributed by atoms with van der Waals surface area (Å²) in [6.07, 6.45) is 3.73. The molecule has 0 bridgehead atoms. The van der Waals surface area contributed by atoms with Gasteiger partial charge in [-0.05, 0) is 54.9 Å². The summed E-state index contributed by atoms with van der Waals surface area (Å²) < 4.78 is 0.904. The molecule has 0 amide bonds. The van der Waals surface area contributed by atoms with Crippen LogP contribution in [0.4, 0.5) is 5.82 Å². The predicted octanol–water partition coefficient (Wildman–Crippen LogP) is 6.21. The number of halogens is 2. The van der Waals surface area contributed by atoms with E-state index in [1.807, 2.05) is 57.2 Å². The quantitative estimate of drug-likeness (QED) is 0.481. The Morgan fingerprint density at radius 2 is 2.04 bits per heavy atom. The Morgan fingerprint density at radius 1 is 1.30 bits per heavy atom. The Bertz CT molecular complexity index is 759. The second kappa shape index (κ2) is 8.52. The van der Waals surface area contributed by atoms with Crippen LogP contribution in [0.15, 0.2) is 67.6 Å². The van der Waals surface area contributed by atoms with Crippen LogP contribution in [-0.2, 0) is 0 Å². The van der Waals surface area contributed by atoms with Crippen molar-refractivity contribution < 1.29 is 0 Å². The first kappa shape index (κ1) is 18.0. The van der Waals surface area contributed by atoms with Gasteiger partial charge in [-0.3, -0.25) is 0 Å². The molecule has 1 aromatic heterocycles. The fourth-order valence-electron chi connectivity index (χ4n) is 1.76. The lowest BCUT2D eigenvalue weighted by Crippen LogP contribution is -2.17. The van der Waals surface area contributed by atoms with Crippen LogP contribution in [0.25, 0.3) is 0 Å². The van der Waals surface area contributed by atoms with Gasteiger partial charge in [-0.1, -0.05) is 41.6 Å². The van der Waals surface area contributed by atoms with Crippen molar-refractivity contribution in [2.75, 3.05) is 0 Å². The van der Waals surface area contributed by atoms with Gasteiger partial charge >= 0.3 is 0 Å². The number of aliphatic imine (C=N–C) groups is 1. The number of allylic oxidation sites excluding steroid dienone is 2. The lowest BCUT2D eigenvalue weighted by Gasteiger charge is -2.09. The minimum absolute atomic E-state index is 0.659. The third kappa shape index (κ3) is 5.37. The van der Waals surface area contributed by atoms with Crippen LogP contribution >= 0.6 is 39.3 Å². The molecular weight excluding hydrogens is 394 g/mol. The molecule has 0 saturated heterocycles. The van der Waals surface area contributed by atoms with Crippen molar-refractivity contribution in [3.8, 4) is 0 Å². The van der Waals surface area contributed by atoms with Crippen LogP contribution in [0.2, 0.25) is 5.02 Å². The zero-order valence-electron chi connectivity index (χ0n) is 13.1. The monoisotopic (exact) mass is 409 g/mol. The lowest BCUT2D eigenvalue weighted by atomic mass is 10.4. The van der Waals surface area contributed by atoms with E-state index in [0.29, 0.717) is 10.8 Å². The summed E-state index contributed by atoms with van der Waals surface area (Å²) in [6, 6.07) is 9.73. The van der Waals surface area contributed by atoms with Crippen LogP contribution in [0.1, 0.15) is 20.8 Å². The molecule has 2 rings (SSSR count). The Labute approximate surface area is 154 Å². The number of nitrogens with zero attached hydrogens (tertiary/aromatic N) is 2. The van der Waals surface area contributed by atoms with Gasteiger partial charge in [0.2, 0.25) is 0 Å². The first-order chi connectivity index (χ1) is 11.0. The highest BCUT2D eigenvalue weighted by Crippen LogP contribution is 2.38. The molecule has 0 unspecified atom stereocenters. The zero-order valence-corrected chi connectivity index (χ0v) is 16.3. The zero-order chi connectivity index (χ0) is 16.8. The van der Waals surface area contributed by atoms with Crippen molar-refractivity contribution in [3.63, 3.8) is 0 Å². The normalized spacial score (nSPS) is 12.4. The average molecular weight is 411 g/mol. The SMILES string of the molecule is C/C=C(/C)N/C(C)=N/c1ncc(Br)cc1Sc1ccccc1Cl. The summed E-state index contributed by atoms with van der Waals surface area (Å²) in [4.78, 5) is 10.9. The number of hydrogen-bond acceptors (Lipinski definition) is 3. The molecule has 2 aromatic rings. The average Bonchev–Trinajstić information content (AvgIpc) is 2.52. The summed E-state index contributed by atoms with van der Waals surface area (Å²) in [6.45, 7) is 5.89. The highest BCUT2D eigenvalue weighted by atomic mass is 79.9. The Hall–Kier alpha value is -1.30. The van der Waals surface area contributed by atoms with E-state index in [4.69, 9.17) is 11.6 Å². The molecule has 0 saturated carbocycles. The van der Waals surface area contributed by atoms with Gasteiger partial charge in [-0.25, -0.2) is 9.98 Å². The summed E-state index contributed by atoms with van der Waals surface area (Å²) in [5.41, 5.74) is 1.05. The molecule has 0 fully saturated rings. The molecule has 1 aromatic carbocycles. The molecule has 0 aliphatic rings. The molecule has 1 N–H and O–H groups in total. The summed E-state index contributed by atoms with van der Waals surface area (Å²) in [5, 5.41) is 3.93. The molecule has 1 heterocycles. The molecule has 0 radical (unpaired) electrons. The number of benzene rings is 1. The number of hydrogen-bond donors (Lipinski definition) is 1. The molecular formula is C17H17BrClN3S. The molecule has 23 heavy (non-hydrogen) atoms. The topological polar surface area (TPSA) is 37.3 Å². The smallest absolute Gasteiger partial charge is 0.167 e. The van der Waals surface area contributed by atoms with E-state index in [1.165, 1.54) is 0 Å². The molecule has 120 valence electrons. The maximum absolute atomic E-state index is 6.25. The van der Waals surface area contributed by atoms with Crippen LogP contribution in [0, 0.1) is 0 Å².